The largest absolute Gasteiger partial charge is 1.00 e. The first-order valence-electron chi connectivity index (χ1n) is 1.48. The van der Waals surface area contributed by atoms with Crippen LogP contribution in [0.4, 0.5) is 0 Å². The summed E-state index contributed by atoms with van der Waals surface area (Å²) in [5.74, 6) is 0. The molecule has 0 fully saturated rings. The second kappa shape index (κ2) is 6.98. The molecule has 0 atom stereocenters. The fraction of sp³-hybridized carbons (Fsp3) is 1.00. The summed E-state index contributed by atoms with van der Waals surface area (Å²) in [4.78, 5) is 0. The van der Waals surface area contributed by atoms with Gasteiger partial charge in [-0.1, -0.05) is 0 Å². The van der Waals surface area contributed by atoms with Crippen molar-refractivity contribution in [3.05, 3.63) is 0 Å². The number of halogens is 1. The summed E-state index contributed by atoms with van der Waals surface area (Å²) in [6, 6.07) is 0. The molecule has 0 aliphatic rings. The first-order chi connectivity index (χ1) is 3.12. The number of rotatable bonds is 2. The number of hydrogen-bond donors (Lipinski definition) is 0. The summed E-state index contributed by atoms with van der Waals surface area (Å²) in [6.45, 7) is 0. The smallest absolute Gasteiger partial charge is 1.00 e. The van der Waals surface area contributed by atoms with Gasteiger partial charge in [0.15, 0.2) is 0 Å². The second-order valence-corrected chi connectivity index (χ2v) is 2.22. The molecule has 0 bridgehead atoms. The molecule has 7 heteroatoms. The summed E-state index contributed by atoms with van der Waals surface area (Å²) in [6.07, 6.45) is 0. The zero-order valence-corrected chi connectivity index (χ0v) is 8.06. The predicted molar refractivity (Wildman–Crippen MR) is 22.9 cm³/mol. The van der Waals surface area contributed by atoms with E-state index >= 15 is 0 Å². The van der Waals surface area contributed by atoms with Gasteiger partial charge in [0.1, 0.15) is 0 Å². The van der Waals surface area contributed by atoms with Crippen molar-refractivity contribution in [1.82, 2.24) is 0 Å². The molecule has 0 radical (unpaired) electrons. The van der Waals surface area contributed by atoms with Gasteiger partial charge < -0.3 is 17.0 Å². The van der Waals surface area contributed by atoms with Crippen LogP contribution >= 0.6 is 0 Å². The molecule has 0 aromatic carbocycles. The first kappa shape index (κ1) is 16.5. The van der Waals surface area contributed by atoms with Crippen LogP contribution in [-0.2, 0) is 35.8 Å². The minimum absolute atomic E-state index is 0. The molecule has 0 aromatic heterocycles. The predicted octanol–water partition coefficient (Wildman–Crippen LogP) is -3.47. The summed E-state index contributed by atoms with van der Waals surface area (Å²) in [7, 11) is -1.60. The van der Waals surface area contributed by atoms with Gasteiger partial charge in [0.05, 0.1) is 14.2 Å². The molecule has 0 aromatic rings. The molecule has 0 spiro atoms. The van der Waals surface area contributed by atoms with E-state index in [0.29, 0.717) is 0 Å². The third-order valence-corrected chi connectivity index (χ3v) is 1.22. The molecule has 0 rings (SSSR count). The molecule has 4 nitrogen and oxygen atoms in total. The number of hydrogen-bond acceptors (Lipinski definition) is 4. The third kappa shape index (κ3) is 8.87. The van der Waals surface area contributed by atoms with E-state index in [1.54, 1.807) is 0 Å². The van der Waals surface area contributed by atoms with E-state index in [-0.39, 0.29) is 34.1 Å². The molecule has 0 saturated heterocycles. The molecule has 0 amide bonds. The second-order valence-electron chi connectivity index (χ2n) is 0.742. The van der Waals surface area contributed by atoms with Crippen LogP contribution in [0, 0.1) is 0 Å². The Kier molecular flexibility index (Phi) is 12.8. The fourth-order valence-corrected chi connectivity index (χ4v) is 0.204. The van der Waals surface area contributed by atoms with E-state index in [4.69, 9.17) is 0 Å². The Hall–Kier alpha value is 0.869. The third-order valence-electron chi connectivity index (χ3n) is 0.408. The minimum Gasteiger partial charge on any atom is -1.00 e. The molecule has 0 aliphatic carbocycles. The van der Waals surface area contributed by atoms with E-state index in [1.807, 2.05) is 0 Å². The summed E-state index contributed by atoms with van der Waals surface area (Å²) < 4.78 is 27.5. The summed E-state index contributed by atoms with van der Waals surface area (Å²) >= 11 is 0. The van der Waals surface area contributed by atoms with Crippen LogP contribution in [0.5, 0.6) is 0 Å². The van der Waals surface area contributed by atoms with Gasteiger partial charge in [-0.25, -0.2) is 0 Å². The molecule has 0 heterocycles. The monoisotopic (exact) mass is 268 g/mol. The van der Waals surface area contributed by atoms with E-state index in [0.717, 1.165) is 14.2 Å². The van der Waals surface area contributed by atoms with Crippen molar-refractivity contribution in [1.29, 1.82) is 0 Å². The molecule has 0 unspecified atom stereocenters. The molecule has 0 N–H and O–H groups in total. The van der Waals surface area contributed by atoms with Gasteiger partial charge >= 0.3 is 27.5 Å². The van der Waals surface area contributed by atoms with Crippen molar-refractivity contribution in [2.75, 3.05) is 14.2 Å². The molecule has 9 heavy (non-hydrogen) atoms. The molecule has 0 aliphatic heterocycles. The van der Waals surface area contributed by atoms with Gasteiger partial charge in [0.25, 0.3) is 0 Å². The maximum Gasteiger partial charge on any atom is 1.00 e. The van der Waals surface area contributed by atoms with Crippen LogP contribution in [0.25, 0.3) is 0 Å². The van der Waals surface area contributed by atoms with Gasteiger partial charge in [0.2, 0.25) is 0 Å². The zero-order chi connectivity index (χ0) is 5.91. The Morgan fingerprint density at radius 2 is 1.33 bits per heavy atom. The molecule has 0 saturated carbocycles. The molecule has 62 valence electrons. The average molecular weight is 270 g/mol. The zero-order valence-electron chi connectivity index (χ0n) is 4.72. The Bertz CT molecular complexity index is 122. The van der Waals surface area contributed by atoms with Crippen molar-refractivity contribution >= 4 is 10.4 Å². The standard InChI is InChI=1S/C2H6O4S.BrH.Cu/c1-5-7(3,4)6-2;;/h1-2H3;1H;/q;;+1/p-1. The fourth-order valence-electron chi connectivity index (χ4n) is 0.0680. The Balaban J connectivity index is -0.000000180. The molecular formula is C2H6BrCuO4S. The summed E-state index contributed by atoms with van der Waals surface area (Å²) in [5.41, 5.74) is 0. The van der Waals surface area contributed by atoms with Gasteiger partial charge in [-0.05, 0) is 0 Å². The minimum atomic E-state index is -3.66. The van der Waals surface area contributed by atoms with Gasteiger partial charge in [0, 0.05) is 0 Å². The van der Waals surface area contributed by atoms with Crippen molar-refractivity contribution in [3.63, 3.8) is 0 Å². The van der Waals surface area contributed by atoms with Crippen LogP contribution in [0.1, 0.15) is 0 Å². The van der Waals surface area contributed by atoms with Crippen LogP contribution < -0.4 is 17.0 Å². The van der Waals surface area contributed by atoms with Crippen LogP contribution in [-0.4, -0.2) is 22.6 Å². The van der Waals surface area contributed by atoms with Gasteiger partial charge in [-0.3, -0.25) is 8.37 Å². The van der Waals surface area contributed by atoms with E-state index in [1.165, 1.54) is 0 Å². The normalized spacial score (nSPS) is 9.11. The SMILES string of the molecule is COS(=O)(=O)OC.[Br-].[Cu+]. The van der Waals surface area contributed by atoms with Crippen LogP contribution in [0.2, 0.25) is 0 Å². The van der Waals surface area contributed by atoms with Crippen molar-refractivity contribution in [2.45, 2.75) is 0 Å². The Labute approximate surface area is 75.5 Å². The van der Waals surface area contributed by atoms with Crippen molar-refractivity contribution in [2.24, 2.45) is 0 Å². The van der Waals surface area contributed by atoms with E-state index < -0.39 is 10.4 Å². The first-order valence-corrected chi connectivity index (χ1v) is 2.82. The topological polar surface area (TPSA) is 52.6 Å². The van der Waals surface area contributed by atoms with Crippen molar-refractivity contribution < 1.29 is 50.8 Å². The quantitative estimate of drug-likeness (QED) is 0.489. The Morgan fingerprint density at radius 3 is 1.33 bits per heavy atom. The maximum atomic E-state index is 9.92. The van der Waals surface area contributed by atoms with Crippen LogP contribution in [0.15, 0.2) is 0 Å². The average Bonchev–Trinajstić information content (AvgIpc) is 1.68. The molecular weight excluding hydrogens is 264 g/mol. The van der Waals surface area contributed by atoms with Gasteiger partial charge in [-0.15, -0.1) is 0 Å². The van der Waals surface area contributed by atoms with E-state index in [2.05, 4.69) is 8.37 Å². The van der Waals surface area contributed by atoms with Gasteiger partial charge in [-0.2, -0.15) is 8.42 Å². The maximum absolute atomic E-state index is 9.92. The van der Waals surface area contributed by atoms with Crippen LogP contribution in [0.3, 0.4) is 0 Å². The van der Waals surface area contributed by atoms with E-state index in [9.17, 15) is 8.42 Å². The van der Waals surface area contributed by atoms with Crippen molar-refractivity contribution in [3.8, 4) is 0 Å². The summed E-state index contributed by atoms with van der Waals surface area (Å²) in [5, 5.41) is 0. The Morgan fingerprint density at radius 1 is 1.11 bits per heavy atom.